The molecule has 2 heterocycles. The highest BCUT2D eigenvalue weighted by molar-refractivity contribution is 7.17. The molecule has 1 aromatic heterocycles. The number of anilines is 1. The lowest BCUT2D eigenvalue weighted by Crippen LogP contribution is -2.31. The summed E-state index contributed by atoms with van der Waals surface area (Å²) in [6, 6.07) is 7.80. The number of carbonyl (C=O) groups is 1. The molecular formula is C16H18N2O2S. The fraction of sp³-hybridized carbons (Fsp3) is 0.312. The van der Waals surface area contributed by atoms with Gasteiger partial charge in [0, 0.05) is 24.2 Å². The van der Waals surface area contributed by atoms with E-state index >= 15 is 0 Å². The summed E-state index contributed by atoms with van der Waals surface area (Å²) in [4.78, 5) is 15.6. The third-order valence-electron chi connectivity index (χ3n) is 3.79. The Morgan fingerprint density at radius 1 is 1.33 bits per heavy atom. The van der Waals surface area contributed by atoms with Crippen LogP contribution in [0.1, 0.15) is 29.1 Å². The number of nitrogens with zero attached hydrogens (tertiary/aromatic N) is 1. The second-order valence-electron chi connectivity index (χ2n) is 4.90. The standard InChI is InChI=1S/C16H18N2O2S/c1-3-18(4-2)16(19)14-13-10-7-5-6-8-11(10)20-9-12(13)21-15(14)17/h5-8H,3-4,9,17H2,1-2H3. The molecule has 0 atom stereocenters. The number of amides is 1. The van der Waals surface area contributed by atoms with Crippen LogP contribution in [0.15, 0.2) is 24.3 Å². The molecule has 0 radical (unpaired) electrons. The van der Waals surface area contributed by atoms with Crippen molar-refractivity contribution >= 4 is 22.2 Å². The van der Waals surface area contributed by atoms with E-state index in [0.29, 0.717) is 30.3 Å². The number of nitrogens with two attached hydrogens (primary N) is 1. The van der Waals surface area contributed by atoms with Crippen molar-refractivity contribution in [3.63, 3.8) is 0 Å². The van der Waals surface area contributed by atoms with Crippen LogP contribution < -0.4 is 10.5 Å². The van der Waals surface area contributed by atoms with Gasteiger partial charge in [-0.15, -0.1) is 11.3 Å². The lowest BCUT2D eigenvalue weighted by atomic mass is 9.98. The molecule has 0 unspecified atom stereocenters. The lowest BCUT2D eigenvalue weighted by Gasteiger charge is -2.22. The van der Waals surface area contributed by atoms with Crippen LogP contribution in [0.3, 0.4) is 0 Å². The van der Waals surface area contributed by atoms with E-state index in [2.05, 4.69) is 0 Å². The van der Waals surface area contributed by atoms with Crippen LogP contribution in [-0.4, -0.2) is 23.9 Å². The molecule has 4 nitrogen and oxygen atoms in total. The molecule has 5 heteroatoms. The number of rotatable bonds is 3. The van der Waals surface area contributed by atoms with Crippen LogP contribution in [0, 0.1) is 0 Å². The van der Waals surface area contributed by atoms with Crippen molar-refractivity contribution in [2.24, 2.45) is 0 Å². The number of benzene rings is 1. The molecular weight excluding hydrogens is 284 g/mol. The molecule has 1 aromatic carbocycles. The average Bonchev–Trinajstić information content (AvgIpc) is 2.84. The van der Waals surface area contributed by atoms with Crippen molar-refractivity contribution in [1.82, 2.24) is 4.90 Å². The zero-order valence-corrected chi connectivity index (χ0v) is 13.0. The Morgan fingerprint density at radius 3 is 2.76 bits per heavy atom. The average molecular weight is 302 g/mol. The molecule has 21 heavy (non-hydrogen) atoms. The summed E-state index contributed by atoms with van der Waals surface area (Å²) < 4.78 is 5.74. The number of nitrogen functional groups attached to an aromatic ring is 1. The molecule has 0 fully saturated rings. The maximum Gasteiger partial charge on any atom is 0.257 e. The summed E-state index contributed by atoms with van der Waals surface area (Å²) in [5.74, 6) is 0.822. The predicted octanol–water partition coefficient (Wildman–Crippen LogP) is 3.37. The Balaban J connectivity index is 2.17. The largest absolute Gasteiger partial charge is 0.487 e. The van der Waals surface area contributed by atoms with Gasteiger partial charge in [-0.05, 0) is 19.9 Å². The fourth-order valence-corrected chi connectivity index (χ4v) is 3.70. The Morgan fingerprint density at radius 2 is 2.05 bits per heavy atom. The molecule has 1 amide bonds. The maximum absolute atomic E-state index is 12.8. The molecule has 0 saturated heterocycles. The van der Waals surface area contributed by atoms with E-state index in [1.807, 2.05) is 38.1 Å². The summed E-state index contributed by atoms with van der Waals surface area (Å²) in [5, 5.41) is 0.581. The van der Waals surface area contributed by atoms with E-state index in [1.54, 1.807) is 4.90 Å². The van der Waals surface area contributed by atoms with Gasteiger partial charge in [0.05, 0.1) is 15.4 Å². The zero-order chi connectivity index (χ0) is 15.0. The Kier molecular flexibility index (Phi) is 3.59. The van der Waals surface area contributed by atoms with Gasteiger partial charge in [0.15, 0.2) is 0 Å². The Hall–Kier alpha value is -2.01. The van der Waals surface area contributed by atoms with Crippen molar-refractivity contribution in [2.45, 2.75) is 20.5 Å². The molecule has 0 bridgehead atoms. The summed E-state index contributed by atoms with van der Waals surface area (Å²) in [6.07, 6.45) is 0. The molecule has 1 aliphatic rings. The monoisotopic (exact) mass is 302 g/mol. The highest BCUT2D eigenvalue weighted by Gasteiger charge is 2.30. The van der Waals surface area contributed by atoms with Gasteiger partial charge in [0.1, 0.15) is 12.4 Å². The first-order valence-corrected chi connectivity index (χ1v) is 7.91. The number of hydrogen-bond donors (Lipinski definition) is 1. The van der Waals surface area contributed by atoms with Gasteiger partial charge in [-0.3, -0.25) is 4.79 Å². The van der Waals surface area contributed by atoms with Crippen molar-refractivity contribution in [1.29, 1.82) is 0 Å². The third-order valence-corrected chi connectivity index (χ3v) is 4.78. The zero-order valence-electron chi connectivity index (χ0n) is 12.2. The van der Waals surface area contributed by atoms with Gasteiger partial charge < -0.3 is 15.4 Å². The van der Waals surface area contributed by atoms with E-state index in [4.69, 9.17) is 10.5 Å². The Bertz CT molecular complexity index is 690. The number of para-hydroxylation sites is 1. The summed E-state index contributed by atoms with van der Waals surface area (Å²) in [5.41, 5.74) is 8.69. The highest BCUT2D eigenvalue weighted by atomic mass is 32.1. The molecule has 0 aliphatic carbocycles. The number of hydrogen-bond acceptors (Lipinski definition) is 4. The quantitative estimate of drug-likeness (QED) is 0.945. The van der Waals surface area contributed by atoms with Crippen LogP contribution >= 0.6 is 11.3 Å². The normalized spacial score (nSPS) is 12.3. The molecule has 2 N–H and O–H groups in total. The van der Waals surface area contributed by atoms with Crippen molar-refractivity contribution in [2.75, 3.05) is 18.8 Å². The molecule has 110 valence electrons. The van der Waals surface area contributed by atoms with E-state index in [-0.39, 0.29) is 5.91 Å². The fourth-order valence-electron chi connectivity index (χ4n) is 2.71. The highest BCUT2D eigenvalue weighted by Crippen LogP contribution is 2.46. The number of fused-ring (bicyclic) bond motifs is 3. The van der Waals surface area contributed by atoms with Crippen LogP contribution in [0.2, 0.25) is 0 Å². The summed E-state index contributed by atoms with van der Waals surface area (Å²) in [7, 11) is 0. The van der Waals surface area contributed by atoms with Crippen LogP contribution in [0.4, 0.5) is 5.00 Å². The predicted molar refractivity (Wildman–Crippen MR) is 85.8 cm³/mol. The number of carbonyl (C=O) groups excluding carboxylic acids is 1. The minimum atomic E-state index is 0.00621. The van der Waals surface area contributed by atoms with Gasteiger partial charge in [-0.2, -0.15) is 0 Å². The Labute approximate surface area is 128 Å². The van der Waals surface area contributed by atoms with E-state index in [0.717, 1.165) is 21.8 Å². The van der Waals surface area contributed by atoms with Crippen LogP contribution in [-0.2, 0) is 6.61 Å². The molecule has 2 aromatic rings. The third kappa shape index (κ3) is 2.17. The molecule has 1 aliphatic heterocycles. The van der Waals surface area contributed by atoms with Gasteiger partial charge in [-0.1, -0.05) is 18.2 Å². The topological polar surface area (TPSA) is 55.6 Å². The molecule has 0 spiro atoms. The first-order valence-electron chi connectivity index (χ1n) is 7.10. The van der Waals surface area contributed by atoms with Gasteiger partial charge in [0.25, 0.3) is 5.91 Å². The van der Waals surface area contributed by atoms with Gasteiger partial charge in [0.2, 0.25) is 0 Å². The second-order valence-corrected chi connectivity index (χ2v) is 6.04. The number of ether oxygens (including phenoxy) is 1. The van der Waals surface area contributed by atoms with Crippen molar-refractivity contribution in [3.05, 3.63) is 34.7 Å². The number of thiophene rings is 1. The first-order chi connectivity index (χ1) is 10.2. The van der Waals surface area contributed by atoms with Gasteiger partial charge >= 0.3 is 0 Å². The minimum Gasteiger partial charge on any atom is -0.487 e. The van der Waals surface area contributed by atoms with Gasteiger partial charge in [-0.25, -0.2) is 0 Å². The van der Waals surface area contributed by atoms with Crippen molar-refractivity contribution < 1.29 is 9.53 Å². The SMILES string of the molecule is CCN(CC)C(=O)c1c(N)sc2c1-c1ccccc1OC2. The summed E-state index contributed by atoms with van der Waals surface area (Å²) >= 11 is 1.45. The van der Waals surface area contributed by atoms with E-state index in [9.17, 15) is 4.79 Å². The van der Waals surface area contributed by atoms with Crippen molar-refractivity contribution in [3.8, 4) is 16.9 Å². The molecule has 3 rings (SSSR count). The van der Waals surface area contributed by atoms with Crippen LogP contribution in [0.25, 0.3) is 11.1 Å². The van der Waals surface area contributed by atoms with E-state index < -0.39 is 0 Å². The van der Waals surface area contributed by atoms with E-state index in [1.165, 1.54) is 11.3 Å². The first kappa shape index (κ1) is 13.9. The minimum absolute atomic E-state index is 0.00621. The smallest absolute Gasteiger partial charge is 0.257 e. The van der Waals surface area contributed by atoms with Crippen LogP contribution in [0.5, 0.6) is 5.75 Å². The lowest BCUT2D eigenvalue weighted by molar-refractivity contribution is 0.0775. The second kappa shape index (κ2) is 5.41. The summed E-state index contributed by atoms with van der Waals surface area (Å²) in [6.45, 7) is 5.79. The maximum atomic E-state index is 12.8. The molecule has 0 saturated carbocycles.